The highest BCUT2D eigenvalue weighted by atomic mass is 35.5. The highest BCUT2D eigenvalue weighted by molar-refractivity contribution is 6.28. The summed E-state index contributed by atoms with van der Waals surface area (Å²) >= 11 is 5.56. The summed E-state index contributed by atoms with van der Waals surface area (Å²) in [5.41, 5.74) is 7.91. The zero-order valence-corrected chi connectivity index (χ0v) is 9.07. The van der Waals surface area contributed by atoms with E-state index in [4.69, 9.17) is 17.3 Å². The van der Waals surface area contributed by atoms with Crippen LogP contribution in [-0.4, -0.2) is 9.97 Å². The van der Waals surface area contributed by atoms with Gasteiger partial charge >= 0.3 is 0 Å². The van der Waals surface area contributed by atoms with Crippen molar-refractivity contribution in [3.05, 3.63) is 53.1 Å². The van der Waals surface area contributed by atoms with Crippen LogP contribution in [-0.2, 0) is 0 Å². The third kappa shape index (κ3) is 2.72. The number of nitrogens with two attached hydrogens (primary N) is 1. The Morgan fingerprint density at radius 2 is 1.50 bits per heavy atom. The van der Waals surface area contributed by atoms with Crippen LogP contribution in [0.25, 0.3) is 0 Å². The molecule has 2 rings (SSSR count). The third-order valence-electron chi connectivity index (χ3n) is 1.88. The lowest BCUT2D eigenvalue weighted by Crippen LogP contribution is -1.84. The molecule has 0 aliphatic rings. The minimum absolute atomic E-state index is 0.220. The van der Waals surface area contributed by atoms with Gasteiger partial charge in [0.15, 0.2) is 0 Å². The SMILES string of the molecule is Nc1ccc(C#Cc2cnc(Cl)nc2)cc1. The van der Waals surface area contributed by atoms with Gasteiger partial charge < -0.3 is 5.73 Å². The molecule has 4 heteroatoms. The van der Waals surface area contributed by atoms with Gasteiger partial charge in [-0.15, -0.1) is 0 Å². The van der Waals surface area contributed by atoms with Gasteiger partial charge in [0.05, 0.1) is 5.56 Å². The molecule has 0 amide bonds. The van der Waals surface area contributed by atoms with Gasteiger partial charge in [0.2, 0.25) is 5.28 Å². The van der Waals surface area contributed by atoms with Crippen LogP contribution in [0.3, 0.4) is 0 Å². The van der Waals surface area contributed by atoms with Crippen LogP contribution in [0.5, 0.6) is 0 Å². The fourth-order valence-electron chi connectivity index (χ4n) is 1.09. The number of nitrogens with zero attached hydrogens (tertiary/aromatic N) is 2. The van der Waals surface area contributed by atoms with Gasteiger partial charge in [-0.25, -0.2) is 9.97 Å². The van der Waals surface area contributed by atoms with Crippen molar-refractivity contribution >= 4 is 17.3 Å². The van der Waals surface area contributed by atoms with Gasteiger partial charge in [-0.3, -0.25) is 0 Å². The van der Waals surface area contributed by atoms with Crippen molar-refractivity contribution in [2.24, 2.45) is 0 Å². The van der Waals surface area contributed by atoms with Crippen LogP contribution in [0.2, 0.25) is 5.28 Å². The Hall–Kier alpha value is -2.05. The smallest absolute Gasteiger partial charge is 0.222 e. The average molecular weight is 230 g/mol. The molecule has 3 nitrogen and oxygen atoms in total. The second kappa shape index (κ2) is 4.65. The van der Waals surface area contributed by atoms with Crippen molar-refractivity contribution in [1.82, 2.24) is 9.97 Å². The molecule has 0 radical (unpaired) electrons. The summed E-state index contributed by atoms with van der Waals surface area (Å²) in [6.07, 6.45) is 3.17. The monoisotopic (exact) mass is 229 g/mol. The van der Waals surface area contributed by atoms with Gasteiger partial charge in [0.25, 0.3) is 0 Å². The van der Waals surface area contributed by atoms with E-state index in [-0.39, 0.29) is 5.28 Å². The molecular formula is C12H8ClN3. The third-order valence-corrected chi connectivity index (χ3v) is 2.08. The van der Waals surface area contributed by atoms with Crippen molar-refractivity contribution in [1.29, 1.82) is 0 Å². The summed E-state index contributed by atoms with van der Waals surface area (Å²) in [6.45, 7) is 0. The standard InChI is InChI=1S/C12H8ClN3/c13-12-15-7-10(8-16-12)2-1-9-3-5-11(14)6-4-9/h3-8H,14H2. The summed E-state index contributed by atoms with van der Waals surface area (Å²) in [7, 11) is 0. The maximum Gasteiger partial charge on any atom is 0.222 e. The van der Waals surface area contributed by atoms with E-state index in [1.54, 1.807) is 12.4 Å². The lowest BCUT2D eigenvalue weighted by molar-refractivity contribution is 1.16. The van der Waals surface area contributed by atoms with Gasteiger partial charge in [0.1, 0.15) is 0 Å². The van der Waals surface area contributed by atoms with Gasteiger partial charge in [-0.2, -0.15) is 0 Å². The van der Waals surface area contributed by atoms with Gasteiger partial charge in [-0.05, 0) is 35.9 Å². The maximum absolute atomic E-state index is 5.57. The number of halogens is 1. The summed E-state index contributed by atoms with van der Waals surface area (Å²) in [5.74, 6) is 5.91. The number of hydrogen-bond acceptors (Lipinski definition) is 3. The maximum atomic E-state index is 5.57. The highest BCUT2D eigenvalue weighted by Crippen LogP contribution is 2.04. The van der Waals surface area contributed by atoms with Crippen LogP contribution in [0.1, 0.15) is 11.1 Å². The summed E-state index contributed by atoms with van der Waals surface area (Å²) in [4.78, 5) is 7.67. The van der Waals surface area contributed by atoms with Crippen molar-refractivity contribution in [3.8, 4) is 11.8 Å². The number of aromatic nitrogens is 2. The molecule has 0 spiro atoms. The summed E-state index contributed by atoms with van der Waals surface area (Å²) in [5, 5.41) is 0.220. The molecule has 0 fully saturated rings. The molecule has 0 aliphatic heterocycles. The second-order valence-corrected chi connectivity index (χ2v) is 3.45. The van der Waals surface area contributed by atoms with E-state index in [0.717, 1.165) is 16.8 Å². The lowest BCUT2D eigenvalue weighted by Gasteiger charge is -1.92. The molecule has 0 atom stereocenters. The van der Waals surface area contributed by atoms with E-state index in [0.29, 0.717) is 0 Å². The molecule has 78 valence electrons. The van der Waals surface area contributed by atoms with E-state index < -0.39 is 0 Å². The first-order valence-corrected chi connectivity index (χ1v) is 4.97. The summed E-state index contributed by atoms with van der Waals surface area (Å²) in [6, 6.07) is 7.34. The Morgan fingerprint density at radius 3 is 2.12 bits per heavy atom. The normalized spacial score (nSPS) is 9.31. The number of rotatable bonds is 0. The molecule has 0 unspecified atom stereocenters. The largest absolute Gasteiger partial charge is 0.399 e. The van der Waals surface area contributed by atoms with E-state index in [2.05, 4.69) is 21.8 Å². The highest BCUT2D eigenvalue weighted by Gasteiger charge is 1.90. The topological polar surface area (TPSA) is 51.8 Å². The van der Waals surface area contributed by atoms with Gasteiger partial charge in [-0.1, -0.05) is 11.8 Å². The van der Waals surface area contributed by atoms with Crippen molar-refractivity contribution in [2.75, 3.05) is 5.73 Å². The predicted molar refractivity (Wildman–Crippen MR) is 63.9 cm³/mol. The van der Waals surface area contributed by atoms with Crippen LogP contribution in [0.4, 0.5) is 5.69 Å². The van der Waals surface area contributed by atoms with Crippen molar-refractivity contribution in [2.45, 2.75) is 0 Å². The minimum Gasteiger partial charge on any atom is -0.399 e. The fraction of sp³-hybridized carbons (Fsp3) is 0. The number of hydrogen-bond donors (Lipinski definition) is 1. The molecule has 0 bridgehead atoms. The van der Waals surface area contributed by atoms with E-state index in [9.17, 15) is 0 Å². The van der Waals surface area contributed by atoms with Crippen LogP contribution >= 0.6 is 11.6 Å². The Morgan fingerprint density at radius 1 is 0.938 bits per heavy atom. The van der Waals surface area contributed by atoms with Crippen molar-refractivity contribution < 1.29 is 0 Å². The molecule has 0 saturated carbocycles. The Bertz CT molecular complexity index is 486. The molecular weight excluding hydrogens is 222 g/mol. The van der Waals surface area contributed by atoms with Crippen LogP contribution in [0.15, 0.2) is 36.7 Å². The van der Waals surface area contributed by atoms with E-state index in [1.165, 1.54) is 0 Å². The lowest BCUT2D eigenvalue weighted by atomic mass is 10.2. The molecule has 2 aromatic rings. The zero-order chi connectivity index (χ0) is 11.4. The molecule has 1 aromatic carbocycles. The molecule has 0 aliphatic carbocycles. The minimum atomic E-state index is 0.220. The number of benzene rings is 1. The second-order valence-electron chi connectivity index (χ2n) is 3.11. The zero-order valence-electron chi connectivity index (χ0n) is 8.31. The Labute approximate surface area is 98.3 Å². The average Bonchev–Trinajstić information content (AvgIpc) is 2.30. The van der Waals surface area contributed by atoms with Crippen LogP contribution < -0.4 is 5.73 Å². The summed E-state index contributed by atoms with van der Waals surface area (Å²) < 4.78 is 0. The first-order chi connectivity index (χ1) is 7.74. The first kappa shape index (κ1) is 10.5. The fourth-order valence-corrected chi connectivity index (χ4v) is 1.19. The Kier molecular flexibility index (Phi) is 3.04. The first-order valence-electron chi connectivity index (χ1n) is 4.59. The van der Waals surface area contributed by atoms with Crippen molar-refractivity contribution in [3.63, 3.8) is 0 Å². The predicted octanol–water partition coefficient (Wildman–Crippen LogP) is 2.11. The van der Waals surface area contributed by atoms with Crippen LogP contribution in [0, 0.1) is 11.8 Å². The molecule has 2 N–H and O–H groups in total. The number of anilines is 1. The number of nitrogen functional groups attached to an aromatic ring is 1. The molecule has 16 heavy (non-hydrogen) atoms. The van der Waals surface area contributed by atoms with Gasteiger partial charge in [0, 0.05) is 23.6 Å². The molecule has 0 saturated heterocycles. The quantitative estimate of drug-likeness (QED) is 0.428. The molecule has 1 heterocycles. The Balaban J connectivity index is 2.21. The van der Waals surface area contributed by atoms with E-state index >= 15 is 0 Å². The molecule has 1 aromatic heterocycles. The van der Waals surface area contributed by atoms with E-state index in [1.807, 2.05) is 24.3 Å².